The van der Waals surface area contributed by atoms with Crippen molar-refractivity contribution in [3.63, 3.8) is 0 Å². The van der Waals surface area contributed by atoms with E-state index in [2.05, 4.69) is 11.8 Å². The molecule has 6 heteroatoms. The first kappa shape index (κ1) is 14.3. The van der Waals surface area contributed by atoms with Crippen molar-refractivity contribution in [1.29, 1.82) is 0 Å². The van der Waals surface area contributed by atoms with Crippen LogP contribution in [-0.2, 0) is 15.8 Å². The zero-order chi connectivity index (χ0) is 13.9. The lowest BCUT2D eigenvalue weighted by Crippen LogP contribution is -2.48. The summed E-state index contributed by atoms with van der Waals surface area (Å²) in [5.74, 6) is 0.0319. The smallest absolute Gasteiger partial charge is 0.218 e. The van der Waals surface area contributed by atoms with Crippen LogP contribution in [0.25, 0.3) is 0 Å². The number of rotatable bonds is 4. The molecule has 106 valence electrons. The molecule has 0 bridgehead atoms. The van der Waals surface area contributed by atoms with Gasteiger partial charge in [0.05, 0.1) is 5.75 Å². The predicted octanol–water partition coefficient (Wildman–Crippen LogP) is 0.736. The highest BCUT2D eigenvalue weighted by Crippen LogP contribution is 2.15. The first-order chi connectivity index (χ1) is 9.01. The molecular formula is C13H21N3O2S. The standard InChI is InChI=1S/C13H21N3O2S/c1-2-15-6-8-16(9-7-15)19(17,18)11-12-4-3-5-13(14)10-12/h3-5,10H,2,6-9,11,14H2,1H3. The van der Waals surface area contributed by atoms with Crippen LogP contribution >= 0.6 is 0 Å². The summed E-state index contributed by atoms with van der Waals surface area (Å²) in [7, 11) is -3.23. The molecule has 0 aromatic heterocycles. The maximum Gasteiger partial charge on any atom is 0.218 e. The minimum absolute atomic E-state index is 0.0319. The Labute approximate surface area is 115 Å². The lowest BCUT2D eigenvalue weighted by atomic mass is 10.2. The average molecular weight is 283 g/mol. The molecule has 2 N–H and O–H groups in total. The van der Waals surface area contributed by atoms with Gasteiger partial charge in [0.2, 0.25) is 10.0 Å². The van der Waals surface area contributed by atoms with E-state index in [-0.39, 0.29) is 5.75 Å². The Morgan fingerprint density at radius 3 is 2.47 bits per heavy atom. The van der Waals surface area contributed by atoms with E-state index >= 15 is 0 Å². The van der Waals surface area contributed by atoms with Crippen molar-refractivity contribution in [1.82, 2.24) is 9.21 Å². The molecule has 0 saturated carbocycles. The van der Waals surface area contributed by atoms with Crippen molar-refractivity contribution in [2.45, 2.75) is 12.7 Å². The van der Waals surface area contributed by atoms with E-state index in [0.717, 1.165) is 25.2 Å². The summed E-state index contributed by atoms with van der Waals surface area (Å²) in [6, 6.07) is 7.07. The molecule has 5 nitrogen and oxygen atoms in total. The van der Waals surface area contributed by atoms with Gasteiger partial charge in [-0.2, -0.15) is 4.31 Å². The van der Waals surface area contributed by atoms with Gasteiger partial charge in [-0.05, 0) is 24.2 Å². The Kier molecular flexibility index (Phi) is 4.44. The predicted molar refractivity (Wildman–Crippen MR) is 77.2 cm³/mol. The third kappa shape index (κ3) is 3.68. The van der Waals surface area contributed by atoms with Gasteiger partial charge in [0, 0.05) is 31.9 Å². The molecule has 1 heterocycles. The van der Waals surface area contributed by atoms with Crippen LogP contribution in [-0.4, -0.2) is 50.3 Å². The van der Waals surface area contributed by atoms with Gasteiger partial charge in [-0.15, -0.1) is 0 Å². The van der Waals surface area contributed by atoms with Crippen LogP contribution in [0.2, 0.25) is 0 Å². The molecular weight excluding hydrogens is 262 g/mol. The van der Waals surface area contributed by atoms with E-state index in [4.69, 9.17) is 5.73 Å². The second kappa shape index (κ2) is 5.90. The zero-order valence-corrected chi connectivity index (χ0v) is 12.1. The number of piperazine rings is 1. The topological polar surface area (TPSA) is 66.6 Å². The fourth-order valence-corrected chi connectivity index (χ4v) is 3.81. The van der Waals surface area contributed by atoms with Crippen LogP contribution < -0.4 is 5.73 Å². The number of nitrogens with two attached hydrogens (primary N) is 1. The Morgan fingerprint density at radius 2 is 1.89 bits per heavy atom. The lowest BCUT2D eigenvalue weighted by Gasteiger charge is -2.33. The number of benzene rings is 1. The van der Waals surface area contributed by atoms with Crippen molar-refractivity contribution >= 4 is 15.7 Å². The zero-order valence-electron chi connectivity index (χ0n) is 11.2. The molecule has 0 aliphatic carbocycles. The summed E-state index contributed by atoms with van der Waals surface area (Å²) in [6.45, 7) is 5.86. The highest BCUT2D eigenvalue weighted by Gasteiger charge is 2.26. The third-order valence-electron chi connectivity index (χ3n) is 3.47. The van der Waals surface area contributed by atoms with E-state index in [1.54, 1.807) is 28.6 Å². The SMILES string of the molecule is CCN1CCN(S(=O)(=O)Cc2cccc(N)c2)CC1. The molecule has 1 aliphatic rings. The molecule has 19 heavy (non-hydrogen) atoms. The minimum Gasteiger partial charge on any atom is -0.399 e. The Morgan fingerprint density at radius 1 is 1.21 bits per heavy atom. The Hall–Kier alpha value is -1.11. The molecule has 1 fully saturated rings. The average Bonchev–Trinajstić information content (AvgIpc) is 2.38. The van der Waals surface area contributed by atoms with E-state index in [0.29, 0.717) is 18.8 Å². The molecule has 0 atom stereocenters. The number of hydrogen-bond acceptors (Lipinski definition) is 4. The number of anilines is 1. The highest BCUT2D eigenvalue weighted by atomic mass is 32.2. The number of likely N-dealkylation sites (N-methyl/N-ethyl adjacent to an activating group) is 1. The molecule has 1 aromatic carbocycles. The van der Waals surface area contributed by atoms with Crippen LogP contribution in [0.4, 0.5) is 5.69 Å². The summed E-state index contributed by atoms with van der Waals surface area (Å²) in [4.78, 5) is 2.26. The van der Waals surface area contributed by atoms with Crippen LogP contribution in [0.15, 0.2) is 24.3 Å². The molecule has 0 radical (unpaired) electrons. The highest BCUT2D eigenvalue weighted by molar-refractivity contribution is 7.88. The van der Waals surface area contributed by atoms with E-state index in [1.807, 2.05) is 0 Å². The van der Waals surface area contributed by atoms with E-state index < -0.39 is 10.0 Å². The van der Waals surface area contributed by atoms with E-state index in [1.165, 1.54) is 0 Å². The second-order valence-corrected chi connectivity index (χ2v) is 6.80. The van der Waals surface area contributed by atoms with E-state index in [9.17, 15) is 8.42 Å². The lowest BCUT2D eigenvalue weighted by molar-refractivity contribution is 0.196. The van der Waals surface area contributed by atoms with Gasteiger partial charge in [0.25, 0.3) is 0 Å². The van der Waals surface area contributed by atoms with Crippen molar-refractivity contribution in [3.8, 4) is 0 Å². The van der Waals surface area contributed by atoms with Crippen molar-refractivity contribution in [3.05, 3.63) is 29.8 Å². The van der Waals surface area contributed by atoms with Crippen LogP contribution in [0.5, 0.6) is 0 Å². The summed E-state index contributed by atoms with van der Waals surface area (Å²) in [6.07, 6.45) is 0. The van der Waals surface area contributed by atoms with Gasteiger partial charge >= 0.3 is 0 Å². The molecule has 1 saturated heterocycles. The third-order valence-corrected chi connectivity index (χ3v) is 5.32. The van der Waals surface area contributed by atoms with Gasteiger partial charge in [-0.3, -0.25) is 0 Å². The molecule has 0 amide bonds. The van der Waals surface area contributed by atoms with Crippen molar-refractivity contribution in [2.24, 2.45) is 0 Å². The van der Waals surface area contributed by atoms with Gasteiger partial charge in [-0.1, -0.05) is 19.1 Å². The normalized spacial score (nSPS) is 18.6. The number of sulfonamides is 1. The molecule has 1 aliphatic heterocycles. The molecule has 1 aromatic rings. The van der Waals surface area contributed by atoms with Gasteiger partial charge in [0.1, 0.15) is 0 Å². The number of nitrogens with zero attached hydrogens (tertiary/aromatic N) is 2. The van der Waals surface area contributed by atoms with Crippen LogP contribution in [0, 0.1) is 0 Å². The van der Waals surface area contributed by atoms with Crippen molar-refractivity contribution < 1.29 is 8.42 Å². The summed E-state index contributed by atoms with van der Waals surface area (Å²) >= 11 is 0. The summed E-state index contributed by atoms with van der Waals surface area (Å²) < 4.78 is 26.2. The first-order valence-corrected chi connectivity index (χ1v) is 8.17. The first-order valence-electron chi connectivity index (χ1n) is 6.56. The maximum atomic E-state index is 12.3. The van der Waals surface area contributed by atoms with Crippen molar-refractivity contribution in [2.75, 3.05) is 38.5 Å². The summed E-state index contributed by atoms with van der Waals surface area (Å²) in [5, 5.41) is 0. The molecule has 2 rings (SSSR count). The fraction of sp³-hybridized carbons (Fsp3) is 0.538. The number of hydrogen-bond donors (Lipinski definition) is 1. The minimum atomic E-state index is -3.23. The molecule has 0 unspecified atom stereocenters. The molecule has 0 spiro atoms. The Bertz CT molecular complexity index is 522. The summed E-state index contributed by atoms with van der Waals surface area (Å²) in [5.41, 5.74) is 7.03. The van der Waals surface area contributed by atoms with Gasteiger partial charge in [0.15, 0.2) is 0 Å². The second-order valence-electron chi connectivity index (χ2n) is 4.83. The Balaban J connectivity index is 2.03. The monoisotopic (exact) mass is 283 g/mol. The maximum absolute atomic E-state index is 12.3. The van der Waals surface area contributed by atoms with Gasteiger partial charge < -0.3 is 10.6 Å². The number of nitrogen functional groups attached to an aromatic ring is 1. The fourth-order valence-electron chi connectivity index (χ4n) is 2.31. The van der Waals surface area contributed by atoms with Crippen LogP contribution in [0.1, 0.15) is 12.5 Å². The van der Waals surface area contributed by atoms with Gasteiger partial charge in [-0.25, -0.2) is 8.42 Å². The largest absolute Gasteiger partial charge is 0.399 e. The van der Waals surface area contributed by atoms with Crippen LogP contribution in [0.3, 0.4) is 0 Å². The quantitative estimate of drug-likeness (QED) is 0.828.